The minimum absolute atomic E-state index is 0.102. The SMILES string of the molecule is COC(=O)N1CCN(c2ccc(C(=O)NC(CC(=O)O)c3cccs3)cc2NC(=O)c2cccc(F)c2)CC1. The van der Waals surface area contributed by atoms with E-state index in [9.17, 15) is 28.7 Å². The van der Waals surface area contributed by atoms with Gasteiger partial charge in [-0.25, -0.2) is 9.18 Å². The smallest absolute Gasteiger partial charge is 0.409 e. The highest BCUT2D eigenvalue weighted by Crippen LogP contribution is 2.30. The van der Waals surface area contributed by atoms with Crippen molar-refractivity contribution in [2.75, 3.05) is 43.5 Å². The molecule has 1 aliphatic rings. The van der Waals surface area contributed by atoms with Crippen LogP contribution in [0.2, 0.25) is 0 Å². The zero-order chi connectivity index (χ0) is 27.9. The molecule has 0 aliphatic carbocycles. The van der Waals surface area contributed by atoms with Crippen LogP contribution in [0.25, 0.3) is 0 Å². The summed E-state index contributed by atoms with van der Waals surface area (Å²) in [6, 6.07) is 12.8. The van der Waals surface area contributed by atoms with Crippen molar-refractivity contribution in [3.05, 3.63) is 81.8 Å². The highest BCUT2D eigenvalue weighted by molar-refractivity contribution is 7.10. The zero-order valence-corrected chi connectivity index (χ0v) is 21.9. The van der Waals surface area contributed by atoms with Gasteiger partial charge >= 0.3 is 12.1 Å². The third kappa shape index (κ3) is 6.90. The second-order valence-electron chi connectivity index (χ2n) is 8.78. The minimum Gasteiger partial charge on any atom is -0.481 e. The van der Waals surface area contributed by atoms with Gasteiger partial charge in [-0.05, 0) is 47.8 Å². The standard InChI is InChI=1S/C27H27FN4O6S/c1-38-27(37)32-11-9-31(10-12-32)22-8-7-18(15-20(22)29-25(35)17-4-2-5-19(28)14-17)26(36)30-21(16-24(33)34)23-6-3-13-39-23/h2-8,13-15,21H,9-12,16H2,1H3,(H,29,35)(H,30,36)(H,33,34). The van der Waals surface area contributed by atoms with Crippen LogP contribution in [0.5, 0.6) is 0 Å². The average molecular weight is 555 g/mol. The van der Waals surface area contributed by atoms with E-state index in [4.69, 9.17) is 4.74 Å². The first kappa shape index (κ1) is 27.6. The van der Waals surface area contributed by atoms with E-state index in [1.807, 2.05) is 4.90 Å². The molecule has 39 heavy (non-hydrogen) atoms. The molecule has 1 atom stereocenters. The third-order valence-electron chi connectivity index (χ3n) is 6.22. The lowest BCUT2D eigenvalue weighted by Crippen LogP contribution is -2.49. The first-order chi connectivity index (χ1) is 18.7. The summed E-state index contributed by atoms with van der Waals surface area (Å²) in [7, 11) is 1.32. The summed E-state index contributed by atoms with van der Waals surface area (Å²) in [5.74, 6) is -2.70. The molecule has 1 aromatic heterocycles. The maximum Gasteiger partial charge on any atom is 0.409 e. The lowest BCUT2D eigenvalue weighted by molar-refractivity contribution is -0.137. The minimum atomic E-state index is -1.06. The fourth-order valence-electron chi connectivity index (χ4n) is 4.26. The maximum atomic E-state index is 13.7. The molecular weight excluding hydrogens is 527 g/mol. The topological polar surface area (TPSA) is 128 Å². The highest BCUT2D eigenvalue weighted by Gasteiger charge is 2.25. The molecule has 1 fully saturated rings. The molecule has 3 N–H and O–H groups in total. The van der Waals surface area contributed by atoms with Crippen LogP contribution in [-0.4, -0.2) is 67.2 Å². The van der Waals surface area contributed by atoms with Gasteiger partial charge in [0.2, 0.25) is 0 Å². The Labute approximate surface area is 228 Å². The third-order valence-corrected chi connectivity index (χ3v) is 7.20. The van der Waals surface area contributed by atoms with Crippen molar-refractivity contribution in [1.82, 2.24) is 10.2 Å². The van der Waals surface area contributed by atoms with Crippen LogP contribution in [0.1, 0.15) is 38.1 Å². The Hall–Kier alpha value is -4.45. The number of carbonyl (C=O) groups is 4. The van der Waals surface area contributed by atoms with E-state index in [0.717, 1.165) is 6.07 Å². The van der Waals surface area contributed by atoms with Gasteiger partial charge in [0.15, 0.2) is 0 Å². The van der Waals surface area contributed by atoms with Gasteiger partial charge in [-0.3, -0.25) is 14.4 Å². The molecule has 10 nitrogen and oxygen atoms in total. The van der Waals surface area contributed by atoms with E-state index in [1.54, 1.807) is 34.5 Å². The van der Waals surface area contributed by atoms with Gasteiger partial charge in [0.1, 0.15) is 5.82 Å². The average Bonchev–Trinajstić information content (AvgIpc) is 3.47. The van der Waals surface area contributed by atoms with Gasteiger partial charge in [-0.15, -0.1) is 11.3 Å². The van der Waals surface area contributed by atoms with Crippen LogP contribution in [0, 0.1) is 5.82 Å². The number of benzene rings is 2. The number of methoxy groups -OCH3 is 1. The first-order valence-corrected chi connectivity index (χ1v) is 13.0. The molecule has 12 heteroatoms. The van der Waals surface area contributed by atoms with Gasteiger partial charge < -0.3 is 30.3 Å². The number of amides is 3. The van der Waals surface area contributed by atoms with E-state index in [2.05, 4.69) is 10.6 Å². The molecule has 0 bridgehead atoms. The van der Waals surface area contributed by atoms with Gasteiger partial charge in [0, 0.05) is 42.2 Å². The summed E-state index contributed by atoms with van der Waals surface area (Å²) in [6.45, 7) is 1.68. The second-order valence-corrected chi connectivity index (χ2v) is 9.76. The second kappa shape index (κ2) is 12.4. The Morgan fingerprint density at radius 2 is 1.74 bits per heavy atom. The summed E-state index contributed by atoms with van der Waals surface area (Å²) in [4.78, 5) is 53.7. The van der Waals surface area contributed by atoms with Gasteiger partial charge in [0.05, 0.1) is 30.9 Å². The van der Waals surface area contributed by atoms with Crippen molar-refractivity contribution in [2.45, 2.75) is 12.5 Å². The fourth-order valence-corrected chi connectivity index (χ4v) is 5.04. The number of nitrogens with zero attached hydrogens (tertiary/aromatic N) is 2. The molecule has 3 amide bonds. The van der Waals surface area contributed by atoms with Crippen LogP contribution in [-0.2, 0) is 9.53 Å². The summed E-state index contributed by atoms with van der Waals surface area (Å²) in [5, 5.41) is 16.7. The van der Waals surface area contributed by atoms with E-state index < -0.39 is 35.7 Å². The van der Waals surface area contributed by atoms with Crippen LogP contribution >= 0.6 is 11.3 Å². The predicted octanol–water partition coefficient (Wildman–Crippen LogP) is 3.97. The summed E-state index contributed by atoms with van der Waals surface area (Å²) in [6.07, 6.45) is -0.721. The molecule has 0 spiro atoms. The van der Waals surface area contributed by atoms with Crippen LogP contribution in [0.4, 0.5) is 20.6 Å². The molecule has 2 heterocycles. The van der Waals surface area contributed by atoms with Gasteiger partial charge in [0.25, 0.3) is 11.8 Å². The molecule has 1 saturated heterocycles. The van der Waals surface area contributed by atoms with E-state index in [-0.39, 0.29) is 17.5 Å². The lowest BCUT2D eigenvalue weighted by Gasteiger charge is -2.36. The number of nitrogens with one attached hydrogen (secondary N) is 2. The van der Waals surface area contributed by atoms with Crippen molar-refractivity contribution in [1.29, 1.82) is 0 Å². The Bertz CT molecular complexity index is 1360. The first-order valence-electron chi connectivity index (χ1n) is 12.1. The molecule has 3 aromatic rings. The van der Waals surface area contributed by atoms with Gasteiger partial charge in [-0.2, -0.15) is 0 Å². The molecule has 1 aliphatic heterocycles. The van der Waals surface area contributed by atoms with Crippen molar-refractivity contribution in [3.8, 4) is 0 Å². The number of hydrogen-bond acceptors (Lipinski definition) is 7. The van der Waals surface area contributed by atoms with Crippen LogP contribution in [0.15, 0.2) is 60.0 Å². The lowest BCUT2D eigenvalue weighted by atomic mass is 10.1. The Kier molecular flexibility index (Phi) is 8.77. The fraction of sp³-hybridized carbons (Fsp3) is 0.259. The number of rotatable bonds is 8. The van der Waals surface area contributed by atoms with Crippen molar-refractivity contribution < 1.29 is 33.4 Å². The van der Waals surface area contributed by atoms with Crippen LogP contribution in [0.3, 0.4) is 0 Å². The molecule has 0 radical (unpaired) electrons. The van der Waals surface area contributed by atoms with E-state index in [0.29, 0.717) is 42.4 Å². The number of anilines is 2. The zero-order valence-electron chi connectivity index (χ0n) is 21.1. The molecule has 1 unspecified atom stereocenters. The number of piperazine rings is 1. The van der Waals surface area contributed by atoms with E-state index >= 15 is 0 Å². The Balaban J connectivity index is 1.61. The quantitative estimate of drug-likeness (QED) is 0.384. The molecular formula is C27H27FN4O6S. The van der Waals surface area contributed by atoms with Gasteiger partial charge in [-0.1, -0.05) is 12.1 Å². The molecule has 204 valence electrons. The Morgan fingerprint density at radius 3 is 2.38 bits per heavy atom. The highest BCUT2D eigenvalue weighted by atomic mass is 32.1. The summed E-state index contributed by atoms with van der Waals surface area (Å²) >= 11 is 1.34. The van der Waals surface area contributed by atoms with E-state index in [1.165, 1.54) is 42.7 Å². The monoisotopic (exact) mass is 554 g/mol. The predicted molar refractivity (Wildman–Crippen MR) is 144 cm³/mol. The summed E-state index contributed by atoms with van der Waals surface area (Å²) < 4.78 is 18.5. The van der Waals surface area contributed by atoms with Crippen LogP contribution < -0.4 is 15.5 Å². The number of hydrogen-bond donors (Lipinski definition) is 3. The Morgan fingerprint density at radius 1 is 1.00 bits per heavy atom. The number of carbonyl (C=O) groups excluding carboxylic acids is 3. The number of aliphatic carboxylic acids is 1. The molecule has 0 saturated carbocycles. The number of carboxylic acid groups (broad SMARTS) is 1. The largest absolute Gasteiger partial charge is 0.481 e. The van der Waals surface area contributed by atoms with Crippen molar-refractivity contribution in [3.63, 3.8) is 0 Å². The number of thiophene rings is 1. The summed E-state index contributed by atoms with van der Waals surface area (Å²) in [5.41, 5.74) is 1.23. The maximum absolute atomic E-state index is 13.7. The molecule has 2 aromatic carbocycles. The number of carboxylic acids is 1. The van der Waals surface area contributed by atoms with Crippen molar-refractivity contribution >= 4 is 46.6 Å². The number of halogens is 1. The normalized spacial score (nSPS) is 13.9. The van der Waals surface area contributed by atoms with Crippen molar-refractivity contribution in [2.24, 2.45) is 0 Å². The number of ether oxygens (including phenoxy) is 1. The molecule has 4 rings (SSSR count).